The standard InChI is InChI=1S/C15H12BrN3OS/c1-9-6-14(18)19-15(12(9)7-17)21-8-13(20)10-2-4-11(16)5-3-10/h2-6H,8H2,1H3,(H2,18,19). The second kappa shape index (κ2) is 6.74. The molecule has 1 aromatic heterocycles. The summed E-state index contributed by atoms with van der Waals surface area (Å²) < 4.78 is 0.923. The van der Waals surface area contributed by atoms with Crippen molar-refractivity contribution in [2.45, 2.75) is 11.9 Å². The number of aryl methyl sites for hydroxylation is 1. The summed E-state index contributed by atoms with van der Waals surface area (Å²) in [7, 11) is 0. The molecule has 1 aromatic carbocycles. The topological polar surface area (TPSA) is 79.8 Å². The summed E-state index contributed by atoms with van der Waals surface area (Å²) in [5.41, 5.74) is 7.56. The zero-order valence-corrected chi connectivity index (χ0v) is 13.7. The van der Waals surface area contributed by atoms with E-state index in [1.165, 1.54) is 11.8 Å². The molecule has 0 bridgehead atoms. The zero-order valence-electron chi connectivity index (χ0n) is 11.3. The average Bonchev–Trinajstić information content (AvgIpc) is 2.45. The van der Waals surface area contributed by atoms with E-state index in [0.29, 0.717) is 22.0 Å². The Balaban J connectivity index is 2.15. The number of hydrogen-bond donors (Lipinski definition) is 1. The minimum absolute atomic E-state index is 0.0155. The molecule has 4 nitrogen and oxygen atoms in total. The van der Waals surface area contributed by atoms with E-state index in [2.05, 4.69) is 27.0 Å². The molecular weight excluding hydrogens is 350 g/mol. The number of anilines is 1. The molecule has 0 saturated carbocycles. The number of thioether (sulfide) groups is 1. The third-order valence-electron chi connectivity index (χ3n) is 2.82. The Morgan fingerprint density at radius 3 is 2.71 bits per heavy atom. The number of nitrogen functional groups attached to an aromatic ring is 1. The molecule has 6 heteroatoms. The average molecular weight is 362 g/mol. The lowest BCUT2D eigenvalue weighted by atomic mass is 10.1. The molecule has 2 rings (SSSR count). The van der Waals surface area contributed by atoms with Gasteiger partial charge in [-0.25, -0.2) is 4.98 Å². The Morgan fingerprint density at radius 1 is 1.43 bits per heavy atom. The number of aromatic nitrogens is 1. The molecule has 0 amide bonds. The monoisotopic (exact) mass is 361 g/mol. The van der Waals surface area contributed by atoms with Gasteiger partial charge < -0.3 is 5.73 Å². The third-order valence-corrected chi connectivity index (χ3v) is 4.33. The maximum absolute atomic E-state index is 12.1. The number of pyridine rings is 1. The summed E-state index contributed by atoms with van der Waals surface area (Å²) in [5.74, 6) is 0.551. The maximum Gasteiger partial charge on any atom is 0.173 e. The van der Waals surface area contributed by atoms with Crippen molar-refractivity contribution in [2.24, 2.45) is 0 Å². The van der Waals surface area contributed by atoms with Crippen molar-refractivity contribution in [3.05, 3.63) is 51.5 Å². The smallest absolute Gasteiger partial charge is 0.173 e. The van der Waals surface area contributed by atoms with Crippen LogP contribution in [0.1, 0.15) is 21.5 Å². The van der Waals surface area contributed by atoms with Crippen LogP contribution in [0.2, 0.25) is 0 Å². The van der Waals surface area contributed by atoms with Crippen LogP contribution in [0, 0.1) is 18.3 Å². The Morgan fingerprint density at radius 2 is 2.10 bits per heavy atom. The Kier molecular flexibility index (Phi) is 4.99. The largest absolute Gasteiger partial charge is 0.384 e. The first-order valence-corrected chi connectivity index (χ1v) is 7.88. The van der Waals surface area contributed by atoms with E-state index in [1.807, 2.05) is 12.1 Å². The molecular formula is C15H12BrN3OS. The summed E-state index contributed by atoms with van der Waals surface area (Å²) in [6.45, 7) is 1.80. The van der Waals surface area contributed by atoms with Crippen LogP contribution in [0.3, 0.4) is 0 Å². The fourth-order valence-electron chi connectivity index (χ4n) is 1.76. The molecule has 2 N–H and O–H groups in total. The highest BCUT2D eigenvalue weighted by Crippen LogP contribution is 2.25. The minimum Gasteiger partial charge on any atom is -0.384 e. The zero-order chi connectivity index (χ0) is 15.4. The molecule has 0 radical (unpaired) electrons. The number of hydrogen-bond acceptors (Lipinski definition) is 5. The van der Waals surface area contributed by atoms with Gasteiger partial charge in [0.25, 0.3) is 0 Å². The molecule has 0 unspecified atom stereocenters. The number of Topliss-reactive ketones (excluding diaryl/α,β-unsaturated/α-hetero) is 1. The maximum atomic E-state index is 12.1. The Bertz CT molecular complexity index is 723. The molecule has 106 valence electrons. The number of nitriles is 1. The first-order chi connectivity index (χ1) is 10.0. The van der Waals surface area contributed by atoms with Gasteiger partial charge in [-0.05, 0) is 30.7 Å². The van der Waals surface area contributed by atoms with Gasteiger partial charge in [-0.2, -0.15) is 5.26 Å². The van der Waals surface area contributed by atoms with E-state index >= 15 is 0 Å². The van der Waals surface area contributed by atoms with Crippen LogP contribution in [-0.4, -0.2) is 16.5 Å². The SMILES string of the molecule is Cc1cc(N)nc(SCC(=O)c2ccc(Br)cc2)c1C#N. The second-order valence-corrected chi connectivity index (χ2v) is 6.25. The molecule has 0 fully saturated rings. The number of nitrogens with zero attached hydrogens (tertiary/aromatic N) is 2. The number of halogens is 1. The third kappa shape index (κ3) is 3.84. The van der Waals surface area contributed by atoms with Gasteiger partial charge in [0, 0.05) is 10.0 Å². The van der Waals surface area contributed by atoms with Crippen molar-refractivity contribution < 1.29 is 4.79 Å². The predicted molar refractivity (Wildman–Crippen MR) is 87.3 cm³/mol. The lowest BCUT2D eigenvalue weighted by Crippen LogP contribution is -2.04. The van der Waals surface area contributed by atoms with Gasteiger partial charge >= 0.3 is 0 Å². The number of benzene rings is 1. The van der Waals surface area contributed by atoms with Crippen LogP contribution in [0.15, 0.2) is 39.8 Å². The summed E-state index contributed by atoms with van der Waals surface area (Å²) in [5, 5.41) is 9.67. The van der Waals surface area contributed by atoms with Crippen LogP contribution in [-0.2, 0) is 0 Å². The van der Waals surface area contributed by atoms with Gasteiger partial charge in [0.1, 0.15) is 16.9 Å². The molecule has 1 heterocycles. The van der Waals surface area contributed by atoms with Crippen molar-refractivity contribution in [2.75, 3.05) is 11.5 Å². The van der Waals surface area contributed by atoms with Gasteiger partial charge in [-0.1, -0.05) is 39.8 Å². The van der Waals surface area contributed by atoms with E-state index in [0.717, 1.165) is 10.0 Å². The van der Waals surface area contributed by atoms with Crippen molar-refractivity contribution in [1.82, 2.24) is 4.98 Å². The van der Waals surface area contributed by atoms with Crippen molar-refractivity contribution in [1.29, 1.82) is 5.26 Å². The number of carbonyl (C=O) groups excluding carboxylic acids is 1. The number of rotatable bonds is 4. The Labute approximate surface area is 135 Å². The predicted octanol–water partition coefficient (Wildman–Crippen LogP) is 3.58. The number of carbonyl (C=O) groups is 1. The van der Waals surface area contributed by atoms with E-state index < -0.39 is 0 Å². The molecule has 0 aliphatic carbocycles. The molecule has 21 heavy (non-hydrogen) atoms. The van der Waals surface area contributed by atoms with Gasteiger partial charge in [0.2, 0.25) is 0 Å². The molecule has 0 spiro atoms. The molecule has 0 aliphatic rings. The van der Waals surface area contributed by atoms with Gasteiger partial charge in [0.15, 0.2) is 5.78 Å². The first-order valence-electron chi connectivity index (χ1n) is 6.10. The number of ketones is 1. The lowest BCUT2D eigenvalue weighted by Gasteiger charge is -2.07. The minimum atomic E-state index is -0.0155. The summed E-state index contributed by atoms with van der Waals surface area (Å²) >= 11 is 4.56. The molecule has 0 aliphatic heterocycles. The highest BCUT2D eigenvalue weighted by molar-refractivity contribution is 9.10. The van der Waals surface area contributed by atoms with E-state index in [-0.39, 0.29) is 11.5 Å². The van der Waals surface area contributed by atoms with Crippen molar-refractivity contribution >= 4 is 39.3 Å². The first kappa shape index (κ1) is 15.5. The summed E-state index contributed by atoms with van der Waals surface area (Å²) in [6.07, 6.45) is 0. The summed E-state index contributed by atoms with van der Waals surface area (Å²) in [4.78, 5) is 16.3. The van der Waals surface area contributed by atoms with Crippen LogP contribution in [0.5, 0.6) is 0 Å². The van der Waals surface area contributed by atoms with E-state index in [9.17, 15) is 4.79 Å². The van der Waals surface area contributed by atoms with Crippen molar-refractivity contribution in [3.8, 4) is 6.07 Å². The number of nitrogens with two attached hydrogens (primary N) is 1. The van der Waals surface area contributed by atoms with E-state index in [1.54, 1.807) is 25.1 Å². The van der Waals surface area contributed by atoms with Gasteiger partial charge in [0.05, 0.1) is 11.3 Å². The normalized spacial score (nSPS) is 10.1. The van der Waals surface area contributed by atoms with Crippen LogP contribution >= 0.6 is 27.7 Å². The summed E-state index contributed by atoms with van der Waals surface area (Å²) in [6, 6.07) is 10.9. The van der Waals surface area contributed by atoms with Gasteiger partial charge in [-0.3, -0.25) is 4.79 Å². The second-order valence-electron chi connectivity index (χ2n) is 4.37. The quantitative estimate of drug-likeness (QED) is 0.664. The fourth-order valence-corrected chi connectivity index (χ4v) is 2.98. The highest BCUT2D eigenvalue weighted by atomic mass is 79.9. The lowest BCUT2D eigenvalue weighted by molar-refractivity contribution is 0.102. The van der Waals surface area contributed by atoms with Gasteiger partial charge in [-0.15, -0.1) is 0 Å². The van der Waals surface area contributed by atoms with Crippen molar-refractivity contribution in [3.63, 3.8) is 0 Å². The van der Waals surface area contributed by atoms with E-state index in [4.69, 9.17) is 11.0 Å². The molecule has 0 atom stereocenters. The highest BCUT2D eigenvalue weighted by Gasteiger charge is 2.12. The van der Waals surface area contributed by atoms with Crippen LogP contribution in [0.4, 0.5) is 5.82 Å². The molecule has 2 aromatic rings. The van der Waals surface area contributed by atoms with Crippen LogP contribution in [0.25, 0.3) is 0 Å². The van der Waals surface area contributed by atoms with Crippen LogP contribution < -0.4 is 5.73 Å². The molecule has 0 saturated heterocycles. The Hall–Kier alpha value is -1.84. The fraction of sp³-hybridized carbons (Fsp3) is 0.133.